The van der Waals surface area contributed by atoms with Gasteiger partial charge in [-0.3, -0.25) is 4.79 Å². The van der Waals surface area contributed by atoms with Crippen LogP contribution < -0.4 is 5.32 Å². The summed E-state index contributed by atoms with van der Waals surface area (Å²) in [6.07, 6.45) is 4.67. The zero-order chi connectivity index (χ0) is 24.3. The molecule has 0 unspecified atom stereocenters. The molecule has 2 aromatic rings. The molecule has 2 aliphatic carbocycles. The molecule has 2 heterocycles. The maximum absolute atomic E-state index is 12.5. The Bertz CT molecular complexity index is 978. The van der Waals surface area contributed by atoms with Crippen LogP contribution >= 0.6 is 0 Å². The van der Waals surface area contributed by atoms with Crippen LogP contribution in [0.2, 0.25) is 0 Å². The van der Waals surface area contributed by atoms with Crippen LogP contribution in [0.25, 0.3) is 11.0 Å². The van der Waals surface area contributed by atoms with Crippen molar-refractivity contribution in [2.75, 3.05) is 18.5 Å². The molecule has 0 atom stereocenters. The molecule has 0 aliphatic heterocycles. The van der Waals surface area contributed by atoms with E-state index in [0.29, 0.717) is 25.1 Å². The van der Waals surface area contributed by atoms with E-state index in [-0.39, 0.29) is 42.4 Å². The van der Waals surface area contributed by atoms with Crippen LogP contribution in [0.5, 0.6) is 0 Å². The van der Waals surface area contributed by atoms with E-state index in [0.717, 1.165) is 49.5 Å². The predicted octanol–water partition coefficient (Wildman–Crippen LogP) is 5.11. The standard InChI is InChI=1S/C24H33F3N4O3/c1-2-34-22(33)16-5-3-15(4-6-16)20-14-31(17-7-9-18(32)10-8-17)21-19(20)13-29-23(30-21)28-12-11-24(25,26)27/h13-18,32H,2-12H2,1H3,(H,28,29,30)/t15?,16?,17-,18-. The molecule has 2 fully saturated rings. The number of hydrogen-bond acceptors (Lipinski definition) is 6. The first kappa shape index (κ1) is 24.8. The molecule has 4 rings (SSSR count). The van der Waals surface area contributed by atoms with Crippen molar-refractivity contribution in [1.29, 1.82) is 0 Å². The van der Waals surface area contributed by atoms with Gasteiger partial charge in [-0.1, -0.05) is 0 Å². The first-order chi connectivity index (χ1) is 16.2. The molecule has 34 heavy (non-hydrogen) atoms. The summed E-state index contributed by atoms with van der Waals surface area (Å²) in [6.45, 7) is 1.92. The average molecular weight is 483 g/mol. The molecule has 2 N–H and O–H groups in total. The number of hydrogen-bond donors (Lipinski definition) is 2. The number of esters is 1. The molecule has 7 nitrogen and oxygen atoms in total. The van der Waals surface area contributed by atoms with Crippen LogP contribution in [0.15, 0.2) is 12.4 Å². The second-order valence-electron chi connectivity index (χ2n) is 9.48. The van der Waals surface area contributed by atoms with E-state index in [2.05, 4.69) is 26.0 Å². The largest absolute Gasteiger partial charge is 0.466 e. The Balaban J connectivity index is 1.57. The number of aliphatic hydroxyl groups excluding tert-OH is 1. The number of aliphatic hydroxyl groups is 1. The lowest BCUT2D eigenvalue weighted by Gasteiger charge is -2.28. The van der Waals surface area contributed by atoms with Crippen molar-refractivity contribution < 1.29 is 27.8 Å². The third-order valence-corrected chi connectivity index (χ3v) is 7.14. The molecule has 0 amide bonds. The predicted molar refractivity (Wildman–Crippen MR) is 122 cm³/mol. The zero-order valence-corrected chi connectivity index (χ0v) is 19.5. The highest BCUT2D eigenvalue weighted by Gasteiger charge is 2.31. The van der Waals surface area contributed by atoms with Gasteiger partial charge in [-0.2, -0.15) is 18.2 Å². The topological polar surface area (TPSA) is 89.3 Å². The van der Waals surface area contributed by atoms with E-state index < -0.39 is 12.6 Å². The third-order valence-electron chi connectivity index (χ3n) is 7.14. The van der Waals surface area contributed by atoms with E-state index in [1.165, 1.54) is 0 Å². The number of carbonyl (C=O) groups excluding carboxylic acids is 1. The Hall–Kier alpha value is -2.36. The van der Waals surface area contributed by atoms with Crippen LogP contribution in [0.1, 0.15) is 82.2 Å². The Morgan fingerprint density at radius 3 is 2.53 bits per heavy atom. The van der Waals surface area contributed by atoms with Gasteiger partial charge in [-0.25, -0.2) is 4.98 Å². The summed E-state index contributed by atoms with van der Waals surface area (Å²) in [5.41, 5.74) is 1.85. The quantitative estimate of drug-likeness (QED) is 0.533. The van der Waals surface area contributed by atoms with Crippen LogP contribution in [-0.2, 0) is 9.53 Å². The smallest absolute Gasteiger partial charge is 0.390 e. The lowest BCUT2D eigenvalue weighted by Crippen LogP contribution is -2.23. The van der Waals surface area contributed by atoms with Crippen molar-refractivity contribution in [2.45, 2.75) is 89.0 Å². The van der Waals surface area contributed by atoms with Gasteiger partial charge in [-0.15, -0.1) is 0 Å². The van der Waals surface area contributed by atoms with Crippen molar-refractivity contribution in [3.05, 3.63) is 18.0 Å². The highest BCUT2D eigenvalue weighted by molar-refractivity contribution is 5.81. The number of fused-ring (bicyclic) bond motifs is 1. The Kier molecular flexibility index (Phi) is 7.64. The first-order valence-corrected chi connectivity index (χ1v) is 12.3. The lowest BCUT2D eigenvalue weighted by atomic mass is 9.79. The van der Waals surface area contributed by atoms with Gasteiger partial charge in [0.2, 0.25) is 5.95 Å². The normalized spacial score (nSPS) is 25.9. The molecular formula is C24H33F3N4O3. The molecule has 10 heteroatoms. The summed E-state index contributed by atoms with van der Waals surface area (Å²) in [4.78, 5) is 21.0. The second-order valence-corrected chi connectivity index (χ2v) is 9.48. The van der Waals surface area contributed by atoms with Crippen molar-refractivity contribution in [3.8, 4) is 0 Å². The monoisotopic (exact) mass is 482 g/mol. The summed E-state index contributed by atoms with van der Waals surface area (Å²) in [5.74, 6) is 0.257. The fraction of sp³-hybridized carbons (Fsp3) is 0.708. The van der Waals surface area contributed by atoms with Crippen LogP contribution in [0.3, 0.4) is 0 Å². The second kappa shape index (κ2) is 10.5. The van der Waals surface area contributed by atoms with E-state index in [4.69, 9.17) is 4.74 Å². The van der Waals surface area contributed by atoms with E-state index in [1.807, 2.05) is 6.92 Å². The number of alkyl halides is 3. The minimum Gasteiger partial charge on any atom is -0.466 e. The van der Waals surface area contributed by atoms with Gasteiger partial charge in [0.25, 0.3) is 0 Å². The molecule has 0 aromatic carbocycles. The summed E-state index contributed by atoms with van der Waals surface area (Å²) < 4.78 is 45.0. The van der Waals surface area contributed by atoms with Crippen LogP contribution in [0.4, 0.5) is 19.1 Å². The van der Waals surface area contributed by atoms with Crippen LogP contribution in [-0.4, -0.2) is 51.0 Å². The number of aromatic nitrogens is 3. The number of anilines is 1. The summed E-state index contributed by atoms with van der Waals surface area (Å²) >= 11 is 0. The summed E-state index contributed by atoms with van der Waals surface area (Å²) in [5, 5.41) is 13.5. The maximum Gasteiger partial charge on any atom is 0.390 e. The fourth-order valence-corrected chi connectivity index (χ4v) is 5.30. The average Bonchev–Trinajstić information content (AvgIpc) is 3.18. The molecule has 0 bridgehead atoms. The Labute approximate surface area is 197 Å². The number of halogens is 3. The molecule has 188 valence electrons. The number of nitrogens with one attached hydrogen (secondary N) is 1. The van der Waals surface area contributed by atoms with Crippen LogP contribution in [0, 0.1) is 5.92 Å². The molecular weight excluding hydrogens is 449 g/mol. The zero-order valence-electron chi connectivity index (χ0n) is 19.5. The number of carbonyl (C=O) groups is 1. The van der Waals surface area contributed by atoms with Gasteiger partial charge in [-0.05, 0) is 69.8 Å². The fourth-order valence-electron chi connectivity index (χ4n) is 5.30. The number of ether oxygens (including phenoxy) is 1. The highest BCUT2D eigenvalue weighted by atomic mass is 19.4. The van der Waals surface area contributed by atoms with Crippen molar-refractivity contribution in [3.63, 3.8) is 0 Å². The van der Waals surface area contributed by atoms with Crippen molar-refractivity contribution in [1.82, 2.24) is 14.5 Å². The van der Waals surface area contributed by atoms with Gasteiger partial charge >= 0.3 is 12.1 Å². The SMILES string of the molecule is CCOC(=O)C1CCC(c2cn([C@H]3CC[C@H](O)CC3)c3nc(NCCC(F)(F)F)ncc23)CC1. The van der Waals surface area contributed by atoms with Gasteiger partial charge < -0.3 is 19.7 Å². The van der Waals surface area contributed by atoms with E-state index in [9.17, 15) is 23.1 Å². The highest BCUT2D eigenvalue weighted by Crippen LogP contribution is 2.41. The molecule has 0 saturated heterocycles. The minimum absolute atomic E-state index is 0.0648. The molecule has 2 aliphatic rings. The summed E-state index contributed by atoms with van der Waals surface area (Å²) in [7, 11) is 0. The van der Waals surface area contributed by atoms with E-state index >= 15 is 0 Å². The number of rotatable bonds is 7. The van der Waals surface area contributed by atoms with Gasteiger partial charge in [0.05, 0.1) is 25.0 Å². The van der Waals surface area contributed by atoms with E-state index in [1.54, 1.807) is 6.20 Å². The first-order valence-electron chi connectivity index (χ1n) is 12.3. The molecule has 0 radical (unpaired) electrons. The third kappa shape index (κ3) is 5.82. The molecule has 2 saturated carbocycles. The van der Waals surface area contributed by atoms with Crippen molar-refractivity contribution in [2.24, 2.45) is 5.92 Å². The molecule has 0 spiro atoms. The number of nitrogens with zero attached hydrogens (tertiary/aromatic N) is 3. The van der Waals surface area contributed by atoms with Crippen molar-refractivity contribution >= 4 is 23.0 Å². The van der Waals surface area contributed by atoms with Gasteiger partial charge in [0, 0.05) is 30.4 Å². The summed E-state index contributed by atoms with van der Waals surface area (Å²) in [6, 6.07) is 0.174. The Morgan fingerprint density at radius 2 is 1.88 bits per heavy atom. The van der Waals surface area contributed by atoms with Gasteiger partial charge in [0.1, 0.15) is 5.65 Å². The maximum atomic E-state index is 12.5. The Morgan fingerprint density at radius 1 is 1.18 bits per heavy atom. The lowest BCUT2D eigenvalue weighted by molar-refractivity contribution is -0.149. The van der Waals surface area contributed by atoms with Gasteiger partial charge in [0.15, 0.2) is 0 Å². The minimum atomic E-state index is -4.24. The molecule has 2 aromatic heterocycles.